The van der Waals surface area contributed by atoms with E-state index in [9.17, 15) is 4.79 Å². The molecule has 1 rings (SSSR count). The molecule has 1 amide bonds. The second-order valence-electron chi connectivity index (χ2n) is 3.79. The fraction of sp³-hybridized carbons (Fsp3) is 0.417. The summed E-state index contributed by atoms with van der Waals surface area (Å²) >= 11 is 0. The van der Waals surface area contributed by atoms with E-state index in [1.165, 1.54) is 0 Å². The lowest BCUT2D eigenvalue weighted by atomic mass is 10.2. The standard InChI is InChI=1S/C12H15N3O/c1-9-5-4-6-11(14-9)12(16)15(3)10(2)7-8-13/h4-6,10H,7H2,1-3H3. The maximum atomic E-state index is 12.0. The zero-order chi connectivity index (χ0) is 12.1. The molecule has 1 aromatic rings. The Morgan fingerprint density at radius 1 is 1.62 bits per heavy atom. The SMILES string of the molecule is Cc1cccc(C(=O)N(C)C(C)CC#N)n1. The van der Waals surface area contributed by atoms with Crippen LogP contribution in [0.15, 0.2) is 18.2 Å². The highest BCUT2D eigenvalue weighted by Gasteiger charge is 2.18. The van der Waals surface area contributed by atoms with Crippen LogP contribution in [0.25, 0.3) is 0 Å². The largest absolute Gasteiger partial charge is 0.337 e. The monoisotopic (exact) mass is 217 g/mol. The minimum atomic E-state index is -0.147. The molecule has 1 aromatic heterocycles. The minimum absolute atomic E-state index is 0.0974. The highest BCUT2D eigenvalue weighted by molar-refractivity contribution is 5.92. The van der Waals surface area contributed by atoms with Crippen LogP contribution >= 0.6 is 0 Å². The third-order valence-corrected chi connectivity index (χ3v) is 2.48. The molecular weight excluding hydrogens is 202 g/mol. The Bertz CT molecular complexity index is 423. The van der Waals surface area contributed by atoms with Crippen molar-refractivity contribution in [3.8, 4) is 6.07 Å². The van der Waals surface area contributed by atoms with Crippen molar-refractivity contribution < 1.29 is 4.79 Å². The number of nitriles is 1. The Hall–Kier alpha value is -1.89. The number of aryl methyl sites for hydroxylation is 1. The van der Waals surface area contributed by atoms with Crippen LogP contribution in [0.1, 0.15) is 29.5 Å². The van der Waals surface area contributed by atoms with Crippen molar-refractivity contribution in [1.29, 1.82) is 5.26 Å². The average Bonchev–Trinajstić information content (AvgIpc) is 2.27. The number of carbonyl (C=O) groups excluding carboxylic acids is 1. The van der Waals surface area contributed by atoms with Gasteiger partial charge in [-0.3, -0.25) is 4.79 Å². The van der Waals surface area contributed by atoms with E-state index >= 15 is 0 Å². The molecule has 0 aliphatic carbocycles. The first-order valence-electron chi connectivity index (χ1n) is 5.14. The highest BCUT2D eigenvalue weighted by atomic mass is 16.2. The van der Waals surface area contributed by atoms with Crippen molar-refractivity contribution in [3.63, 3.8) is 0 Å². The van der Waals surface area contributed by atoms with Crippen molar-refractivity contribution in [1.82, 2.24) is 9.88 Å². The number of amides is 1. The number of aromatic nitrogens is 1. The van der Waals surface area contributed by atoms with Gasteiger partial charge in [0, 0.05) is 18.8 Å². The molecular formula is C12H15N3O. The van der Waals surface area contributed by atoms with E-state index in [0.717, 1.165) is 5.69 Å². The van der Waals surface area contributed by atoms with Crippen LogP contribution in [-0.4, -0.2) is 28.9 Å². The van der Waals surface area contributed by atoms with Crippen molar-refractivity contribution in [3.05, 3.63) is 29.6 Å². The lowest BCUT2D eigenvalue weighted by Gasteiger charge is -2.22. The number of rotatable bonds is 3. The van der Waals surface area contributed by atoms with E-state index in [-0.39, 0.29) is 11.9 Å². The maximum absolute atomic E-state index is 12.0. The second kappa shape index (κ2) is 5.26. The molecule has 1 heterocycles. The van der Waals surface area contributed by atoms with Gasteiger partial charge in [0.2, 0.25) is 0 Å². The predicted octanol–water partition coefficient (Wildman–Crippen LogP) is 1.76. The molecule has 16 heavy (non-hydrogen) atoms. The first-order chi connectivity index (χ1) is 7.56. The Morgan fingerprint density at radius 2 is 2.31 bits per heavy atom. The van der Waals surface area contributed by atoms with Crippen LogP contribution in [0, 0.1) is 18.3 Å². The summed E-state index contributed by atoms with van der Waals surface area (Å²) in [6.07, 6.45) is 0.327. The van der Waals surface area contributed by atoms with Gasteiger partial charge in [-0.2, -0.15) is 5.26 Å². The fourth-order valence-corrected chi connectivity index (χ4v) is 1.31. The van der Waals surface area contributed by atoms with E-state index in [2.05, 4.69) is 11.1 Å². The van der Waals surface area contributed by atoms with Gasteiger partial charge in [0.15, 0.2) is 0 Å². The Labute approximate surface area is 95.5 Å². The second-order valence-corrected chi connectivity index (χ2v) is 3.79. The first kappa shape index (κ1) is 12.2. The lowest BCUT2D eigenvalue weighted by Crippen LogP contribution is -2.35. The normalized spacial score (nSPS) is 11.6. The molecule has 4 nitrogen and oxygen atoms in total. The Balaban J connectivity index is 2.82. The molecule has 4 heteroatoms. The molecule has 0 spiro atoms. The third kappa shape index (κ3) is 2.80. The van der Waals surface area contributed by atoms with E-state index in [0.29, 0.717) is 12.1 Å². The molecule has 1 atom stereocenters. The van der Waals surface area contributed by atoms with E-state index in [1.807, 2.05) is 19.9 Å². The van der Waals surface area contributed by atoms with Crippen LogP contribution in [0.4, 0.5) is 0 Å². The van der Waals surface area contributed by atoms with Gasteiger partial charge in [-0.15, -0.1) is 0 Å². The summed E-state index contributed by atoms with van der Waals surface area (Å²) in [5.74, 6) is -0.147. The van der Waals surface area contributed by atoms with Gasteiger partial charge < -0.3 is 4.90 Å². The summed E-state index contributed by atoms with van der Waals surface area (Å²) in [6, 6.07) is 7.29. The summed E-state index contributed by atoms with van der Waals surface area (Å²) in [5.41, 5.74) is 1.24. The topological polar surface area (TPSA) is 57.0 Å². The molecule has 84 valence electrons. The number of pyridine rings is 1. The molecule has 0 saturated heterocycles. The van der Waals surface area contributed by atoms with Gasteiger partial charge >= 0.3 is 0 Å². The van der Waals surface area contributed by atoms with E-state index in [4.69, 9.17) is 5.26 Å². The smallest absolute Gasteiger partial charge is 0.272 e. The Morgan fingerprint density at radius 3 is 2.88 bits per heavy atom. The molecule has 0 saturated carbocycles. The van der Waals surface area contributed by atoms with Crippen LogP contribution in [0.3, 0.4) is 0 Å². The van der Waals surface area contributed by atoms with Crippen molar-refractivity contribution >= 4 is 5.91 Å². The van der Waals surface area contributed by atoms with Gasteiger partial charge in [-0.25, -0.2) is 4.98 Å². The van der Waals surface area contributed by atoms with Crippen LogP contribution in [0.5, 0.6) is 0 Å². The van der Waals surface area contributed by atoms with Crippen molar-refractivity contribution in [2.24, 2.45) is 0 Å². The maximum Gasteiger partial charge on any atom is 0.272 e. The molecule has 0 bridgehead atoms. The molecule has 1 unspecified atom stereocenters. The molecule has 0 aliphatic heterocycles. The van der Waals surface area contributed by atoms with Crippen molar-refractivity contribution in [2.45, 2.75) is 26.3 Å². The average molecular weight is 217 g/mol. The summed E-state index contributed by atoms with van der Waals surface area (Å²) < 4.78 is 0. The zero-order valence-corrected chi connectivity index (χ0v) is 9.77. The quantitative estimate of drug-likeness (QED) is 0.775. The van der Waals surface area contributed by atoms with Crippen LogP contribution in [-0.2, 0) is 0 Å². The van der Waals surface area contributed by atoms with Crippen molar-refractivity contribution in [2.75, 3.05) is 7.05 Å². The zero-order valence-electron chi connectivity index (χ0n) is 9.77. The lowest BCUT2D eigenvalue weighted by molar-refractivity contribution is 0.0740. The number of nitrogens with zero attached hydrogens (tertiary/aromatic N) is 3. The third-order valence-electron chi connectivity index (χ3n) is 2.48. The summed E-state index contributed by atoms with van der Waals surface area (Å²) in [6.45, 7) is 3.69. The van der Waals surface area contributed by atoms with Gasteiger partial charge in [0.05, 0.1) is 12.5 Å². The minimum Gasteiger partial charge on any atom is -0.337 e. The van der Waals surface area contributed by atoms with Gasteiger partial charge in [-0.05, 0) is 26.0 Å². The highest BCUT2D eigenvalue weighted by Crippen LogP contribution is 2.07. The molecule has 0 N–H and O–H groups in total. The number of carbonyl (C=O) groups is 1. The molecule has 0 radical (unpaired) electrons. The van der Waals surface area contributed by atoms with E-state index in [1.54, 1.807) is 24.1 Å². The van der Waals surface area contributed by atoms with Gasteiger partial charge in [0.25, 0.3) is 5.91 Å². The first-order valence-corrected chi connectivity index (χ1v) is 5.14. The molecule has 0 aromatic carbocycles. The number of hydrogen-bond acceptors (Lipinski definition) is 3. The van der Waals surface area contributed by atoms with Gasteiger partial charge in [-0.1, -0.05) is 6.07 Å². The predicted molar refractivity (Wildman–Crippen MR) is 60.8 cm³/mol. The van der Waals surface area contributed by atoms with Crippen LogP contribution < -0.4 is 0 Å². The number of hydrogen-bond donors (Lipinski definition) is 0. The molecule has 0 aliphatic rings. The van der Waals surface area contributed by atoms with Gasteiger partial charge in [0.1, 0.15) is 5.69 Å². The fourth-order valence-electron chi connectivity index (χ4n) is 1.31. The van der Waals surface area contributed by atoms with Crippen LogP contribution in [0.2, 0.25) is 0 Å². The summed E-state index contributed by atoms with van der Waals surface area (Å²) in [4.78, 5) is 17.7. The Kier molecular flexibility index (Phi) is 4.01. The summed E-state index contributed by atoms with van der Waals surface area (Å²) in [7, 11) is 1.69. The molecule has 0 fully saturated rings. The van der Waals surface area contributed by atoms with E-state index < -0.39 is 0 Å². The summed E-state index contributed by atoms with van der Waals surface area (Å²) in [5, 5.41) is 8.58.